The van der Waals surface area contributed by atoms with Crippen LogP contribution in [-0.2, 0) is 0 Å². The Morgan fingerprint density at radius 1 is 1.23 bits per heavy atom. The molecule has 1 aliphatic heterocycles. The van der Waals surface area contributed by atoms with Crippen molar-refractivity contribution in [1.82, 2.24) is 24.8 Å². The molecule has 0 bridgehead atoms. The average Bonchev–Trinajstić information content (AvgIpc) is 3.18. The second-order valence-corrected chi connectivity index (χ2v) is 8.56. The Morgan fingerprint density at radius 2 is 2.10 bits per heavy atom. The molecule has 1 atom stereocenters. The minimum Gasteiger partial charge on any atom is -0.352 e. The van der Waals surface area contributed by atoms with Gasteiger partial charge in [0.2, 0.25) is 0 Å². The highest BCUT2D eigenvalue weighted by Gasteiger charge is 2.19. The zero-order valence-electron chi connectivity index (χ0n) is 16.9. The number of hydrogen-bond acceptors (Lipinski definition) is 4. The predicted molar refractivity (Wildman–Crippen MR) is 120 cm³/mol. The van der Waals surface area contributed by atoms with E-state index in [1.165, 1.54) is 19.3 Å². The van der Waals surface area contributed by atoms with Crippen molar-refractivity contribution in [3.8, 4) is 11.3 Å². The van der Waals surface area contributed by atoms with Gasteiger partial charge in [0.15, 0.2) is 5.65 Å². The summed E-state index contributed by atoms with van der Waals surface area (Å²) >= 11 is 12.2. The zero-order chi connectivity index (χ0) is 21.1. The first-order valence-electron chi connectivity index (χ1n) is 10.3. The van der Waals surface area contributed by atoms with Crippen molar-refractivity contribution in [3.63, 3.8) is 0 Å². The van der Waals surface area contributed by atoms with E-state index in [-0.39, 0.29) is 5.91 Å². The van der Waals surface area contributed by atoms with Crippen molar-refractivity contribution >= 4 is 34.8 Å². The molecular formula is C22H25Cl2N5O. The molecule has 1 N–H and O–H groups in total. The first kappa shape index (κ1) is 21.1. The predicted octanol–water partition coefficient (Wildman–Crippen LogP) is 4.70. The quantitative estimate of drug-likeness (QED) is 0.558. The van der Waals surface area contributed by atoms with E-state index in [9.17, 15) is 4.79 Å². The molecule has 3 aromatic rings. The number of halogens is 2. The number of carbonyl (C=O) groups is 1. The van der Waals surface area contributed by atoms with Crippen LogP contribution in [0.25, 0.3) is 16.9 Å². The maximum atomic E-state index is 12.7. The van der Waals surface area contributed by atoms with E-state index in [0.29, 0.717) is 33.8 Å². The average molecular weight is 446 g/mol. The lowest BCUT2D eigenvalue weighted by molar-refractivity contribution is 0.0950. The van der Waals surface area contributed by atoms with E-state index in [4.69, 9.17) is 23.2 Å². The number of rotatable bonds is 6. The molecule has 2 aromatic heterocycles. The molecule has 1 aliphatic rings. The molecule has 3 heterocycles. The highest BCUT2D eigenvalue weighted by Crippen LogP contribution is 2.28. The van der Waals surface area contributed by atoms with E-state index in [1.54, 1.807) is 29.0 Å². The van der Waals surface area contributed by atoms with Gasteiger partial charge in [-0.25, -0.2) is 9.50 Å². The van der Waals surface area contributed by atoms with Crippen LogP contribution < -0.4 is 5.32 Å². The normalized spacial score (nSPS) is 17.4. The molecule has 158 valence electrons. The van der Waals surface area contributed by atoms with Gasteiger partial charge in [-0.15, -0.1) is 0 Å². The lowest BCUT2D eigenvalue weighted by Crippen LogP contribution is -2.39. The Labute approximate surface area is 186 Å². The van der Waals surface area contributed by atoms with Crippen molar-refractivity contribution < 1.29 is 4.79 Å². The molecule has 8 heteroatoms. The van der Waals surface area contributed by atoms with Gasteiger partial charge in [-0.05, 0) is 50.9 Å². The number of benzene rings is 1. The van der Waals surface area contributed by atoms with Crippen molar-refractivity contribution in [3.05, 3.63) is 52.3 Å². The standard InChI is InChI=1S/C22H25Cl2N5O/c1-15-5-2-3-11-28(15)12-4-9-26-22(30)17-14-27-29-20(8-10-25-21(17)29)16-6-7-18(23)19(24)13-16/h6-8,10,13-15H,2-5,9,11-12H2,1H3,(H,26,30). The number of piperidine rings is 1. The summed E-state index contributed by atoms with van der Waals surface area (Å²) in [5, 5.41) is 8.35. The summed E-state index contributed by atoms with van der Waals surface area (Å²) in [4.78, 5) is 19.6. The largest absolute Gasteiger partial charge is 0.352 e. The van der Waals surface area contributed by atoms with Crippen molar-refractivity contribution in [1.29, 1.82) is 0 Å². The molecular weight excluding hydrogens is 421 g/mol. The maximum absolute atomic E-state index is 12.7. The van der Waals surface area contributed by atoms with Crippen LogP contribution in [0, 0.1) is 0 Å². The molecule has 1 unspecified atom stereocenters. The summed E-state index contributed by atoms with van der Waals surface area (Å²) in [6.45, 7) is 5.08. The monoisotopic (exact) mass is 445 g/mol. The number of amides is 1. The van der Waals surface area contributed by atoms with Gasteiger partial charge in [-0.2, -0.15) is 5.10 Å². The van der Waals surface area contributed by atoms with Crippen LogP contribution in [0.5, 0.6) is 0 Å². The second kappa shape index (κ2) is 9.33. The van der Waals surface area contributed by atoms with Gasteiger partial charge >= 0.3 is 0 Å². The van der Waals surface area contributed by atoms with Crippen LogP contribution in [0.2, 0.25) is 10.0 Å². The first-order valence-corrected chi connectivity index (χ1v) is 11.1. The molecule has 0 spiro atoms. The third-order valence-corrected chi connectivity index (χ3v) is 6.45. The SMILES string of the molecule is CC1CCCCN1CCCNC(=O)c1cnn2c(-c3ccc(Cl)c(Cl)c3)ccnc12. The Bertz CT molecular complexity index is 1050. The summed E-state index contributed by atoms with van der Waals surface area (Å²) in [5.74, 6) is -0.157. The fraction of sp³-hybridized carbons (Fsp3) is 0.409. The van der Waals surface area contributed by atoms with Crippen LogP contribution in [0.15, 0.2) is 36.7 Å². The van der Waals surface area contributed by atoms with Crippen LogP contribution in [0.1, 0.15) is 43.0 Å². The summed E-state index contributed by atoms with van der Waals surface area (Å²) in [5.41, 5.74) is 2.61. The molecule has 4 rings (SSSR count). The fourth-order valence-corrected chi connectivity index (χ4v) is 4.29. The van der Waals surface area contributed by atoms with Gasteiger partial charge in [0.25, 0.3) is 5.91 Å². The van der Waals surface area contributed by atoms with E-state index in [1.807, 2.05) is 12.1 Å². The van der Waals surface area contributed by atoms with Crippen molar-refractivity contribution in [2.75, 3.05) is 19.6 Å². The molecule has 1 saturated heterocycles. The summed E-state index contributed by atoms with van der Waals surface area (Å²) in [6.07, 6.45) is 8.01. The fourth-order valence-electron chi connectivity index (χ4n) is 3.99. The van der Waals surface area contributed by atoms with E-state index in [0.717, 1.165) is 30.8 Å². The highest BCUT2D eigenvalue weighted by molar-refractivity contribution is 6.42. The smallest absolute Gasteiger partial charge is 0.256 e. The van der Waals surface area contributed by atoms with E-state index in [2.05, 4.69) is 27.2 Å². The summed E-state index contributed by atoms with van der Waals surface area (Å²) in [7, 11) is 0. The minimum absolute atomic E-state index is 0.157. The number of aromatic nitrogens is 3. The lowest BCUT2D eigenvalue weighted by Gasteiger charge is -2.33. The third kappa shape index (κ3) is 4.46. The van der Waals surface area contributed by atoms with Gasteiger partial charge in [-0.1, -0.05) is 35.7 Å². The van der Waals surface area contributed by atoms with Crippen molar-refractivity contribution in [2.45, 2.75) is 38.6 Å². The van der Waals surface area contributed by atoms with E-state index >= 15 is 0 Å². The lowest BCUT2D eigenvalue weighted by atomic mass is 10.0. The van der Waals surface area contributed by atoms with Crippen LogP contribution in [0.4, 0.5) is 0 Å². The second-order valence-electron chi connectivity index (χ2n) is 7.74. The Kier molecular flexibility index (Phi) is 6.56. The Balaban J connectivity index is 1.44. The van der Waals surface area contributed by atoms with Gasteiger partial charge in [0.1, 0.15) is 5.56 Å². The van der Waals surface area contributed by atoms with Gasteiger partial charge < -0.3 is 10.2 Å². The number of fused-ring (bicyclic) bond motifs is 1. The Morgan fingerprint density at radius 3 is 2.90 bits per heavy atom. The molecule has 1 amide bonds. The first-order chi connectivity index (χ1) is 14.5. The van der Waals surface area contributed by atoms with Gasteiger partial charge in [0.05, 0.1) is 21.9 Å². The highest BCUT2D eigenvalue weighted by atomic mass is 35.5. The van der Waals surface area contributed by atoms with Gasteiger partial charge in [-0.3, -0.25) is 4.79 Å². The summed E-state index contributed by atoms with van der Waals surface area (Å²) < 4.78 is 1.66. The molecule has 1 aromatic carbocycles. The van der Waals surface area contributed by atoms with Crippen LogP contribution in [-0.4, -0.2) is 51.1 Å². The molecule has 0 aliphatic carbocycles. The molecule has 0 radical (unpaired) electrons. The topological polar surface area (TPSA) is 62.5 Å². The van der Waals surface area contributed by atoms with Gasteiger partial charge in [0, 0.05) is 30.9 Å². The Hall–Kier alpha value is -2.15. The van der Waals surface area contributed by atoms with Crippen LogP contribution in [0.3, 0.4) is 0 Å². The zero-order valence-corrected chi connectivity index (χ0v) is 18.5. The van der Waals surface area contributed by atoms with Crippen molar-refractivity contribution in [2.24, 2.45) is 0 Å². The number of carbonyl (C=O) groups excluding carboxylic acids is 1. The third-order valence-electron chi connectivity index (χ3n) is 5.71. The number of nitrogens with zero attached hydrogens (tertiary/aromatic N) is 4. The number of hydrogen-bond donors (Lipinski definition) is 1. The molecule has 30 heavy (non-hydrogen) atoms. The molecule has 1 fully saturated rings. The maximum Gasteiger partial charge on any atom is 0.256 e. The van der Waals surface area contributed by atoms with E-state index < -0.39 is 0 Å². The van der Waals surface area contributed by atoms with Crippen LogP contribution >= 0.6 is 23.2 Å². The minimum atomic E-state index is -0.157. The number of nitrogens with one attached hydrogen (secondary N) is 1. The summed E-state index contributed by atoms with van der Waals surface area (Å²) in [6, 6.07) is 7.86. The molecule has 0 saturated carbocycles. The number of likely N-dealkylation sites (tertiary alicyclic amines) is 1. The molecule has 6 nitrogen and oxygen atoms in total.